The minimum absolute atomic E-state index is 0.446. The summed E-state index contributed by atoms with van der Waals surface area (Å²) in [5, 5.41) is 1.21. The first-order chi connectivity index (χ1) is 4.33. The van der Waals surface area contributed by atoms with Crippen LogP contribution in [0.15, 0.2) is 0 Å². The van der Waals surface area contributed by atoms with E-state index in [-0.39, 0.29) is 0 Å². The summed E-state index contributed by atoms with van der Waals surface area (Å²) in [6.07, 6.45) is 4.87. The van der Waals surface area contributed by atoms with Crippen molar-refractivity contribution in [3.63, 3.8) is 0 Å². The van der Waals surface area contributed by atoms with E-state index >= 15 is 0 Å². The molecule has 0 atom stereocenters. The molecular weight excluding hydrogens is 172 g/mol. The lowest BCUT2D eigenvalue weighted by Gasteiger charge is -2.22. The highest BCUT2D eigenvalue weighted by Gasteiger charge is 2.18. The Morgan fingerprint density at radius 1 is 1.22 bits per heavy atom. The van der Waals surface area contributed by atoms with Gasteiger partial charge in [0.1, 0.15) is 0 Å². The van der Waals surface area contributed by atoms with Gasteiger partial charge < -0.3 is 0 Å². The molecule has 0 spiro atoms. The maximum atomic E-state index is 5.90. The molecule has 0 N–H and O–H groups in total. The van der Waals surface area contributed by atoms with Gasteiger partial charge in [-0.1, -0.05) is 10.8 Å². The molecule has 3 heteroatoms. The van der Waals surface area contributed by atoms with E-state index in [2.05, 4.69) is 11.7 Å². The zero-order valence-corrected chi connectivity index (χ0v) is 7.68. The van der Waals surface area contributed by atoms with Gasteiger partial charge in [0.2, 0.25) is 0 Å². The third kappa shape index (κ3) is 2.60. The number of rotatable bonds is 1. The molecule has 1 rings (SSSR count). The molecule has 0 unspecified atom stereocenters. The summed E-state index contributed by atoms with van der Waals surface area (Å²) in [5.41, 5.74) is 0. The number of hydrogen-bond acceptors (Lipinski definition) is 2. The van der Waals surface area contributed by atoms with E-state index < -0.39 is 0 Å². The molecule has 0 aromatic heterocycles. The molecule has 0 heterocycles. The van der Waals surface area contributed by atoms with E-state index in [1.54, 1.807) is 10.8 Å². The quantitative estimate of drug-likeness (QED) is 0.370. The SMILES string of the molecule is SSC1CCC(Cl)CC1. The van der Waals surface area contributed by atoms with E-state index in [0.29, 0.717) is 5.38 Å². The molecule has 0 aliphatic heterocycles. The minimum atomic E-state index is 0.446. The van der Waals surface area contributed by atoms with Crippen molar-refractivity contribution >= 4 is 34.1 Å². The van der Waals surface area contributed by atoms with Crippen LogP contribution in [0.25, 0.3) is 0 Å². The summed E-state index contributed by atoms with van der Waals surface area (Å²) in [6.45, 7) is 0. The normalized spacial score (nSPS) is 36.7. The minimum Gasteiger partial charge on any atom is -0.123 e. The van der Waals surface area contributed by atoms with E-state index in [1.165, 1.54) is 25.7 Å². The molecule has 0 amide bonds. The number of alkyl halides is 1. The van der Waals surface area contributed by atoms with Crippen LogP contribution < -0.4 is 0 Å². The van der Waals surface area contributed by atoms with Gasteiger partial charge in [0.05, 0.1) is 0 Å². The zero-order valence-electron chi connectivity index (χ0n) is 5.22. The summed E-state index contributed by atoms with van der Waals surface area (Å²) in [5.74, 6) is 0. The van der Waals surface area contributed by atoms with E-state index in [1.807, 2.05) is 0 Å². The second-order valence-electron chi connectivity index (χ2n) is 2.48. The Morgan fingerprint density at radius 3 is 2.22 bits per heavy atom. The molecular formula is C6H11ClS2. The van der Waals surface area contributed by atoms with Gasteiger partial charge in [-0.05, 0) is 25.7 Å². The maximum absolute atomic E-state index is 5.90. The Bertz CT molecular complexity index is 79.1. The van der Waals surface area contributed by atoms with Gasteiger partial charge in [-0.15, -0.1) is 23.3 Å². The molecule has 0 aromatic rings. The van der Waals surface area contributed by atoms with Crippen LogP contribution in [0.2, 0.25) is 0 Å². The number of halogens is 1. The second-order valence-corrected chi connectivity index (χ2v) is 4.61. The predicted molar refractivity (Wildman–Crippen MR) is 48.5 cm³/mol. The van der Waals surface area contributed by atoms with Crippen LogP contribution in [-0.2, 0) is 0 Å². The second kappa shape index (κ2) is 3.99. The Kier molecular flexibility index (Phi) is 3.59. The molecule has 1 aliphatic carbocycles. The topological polar surface area (TPSA) is 0 Å². The lowest BCUT2D eigenvalue weighted by Crippen LogP contribution is -2.14. The third-order valence-corrected chi connectivity index (χ3v) is 3.85. The zero-order chi connectivity index (χ0) is 6.69. The fraction of sp³-hybridized carbons (Fsp3) is 1.00. The summed E-state index contributed by atoms with van der Waals surface area (Å²) in [4.78, 5) is 0. The van der Waals surface area contributed by atoms with Crippen LogP contribution in [0, 0.1) is 0 Å². The van der Waals surface area contributed by atoms with Crippen molar-refractivity contribution in [1.82, 2.24) is 0 Å². The van der Waals surface area contributed by atoms with E-state index in [4.69, 9.17) is 11.6 Å². The first-order valence-electron chi connectivity index (χ1n) is 3.27. The average molecular weight is 183 g/mol. The highest BCUT2D eigenvalue weighted by atomic mass is 35.5. The molecule has 1 aliphatic rings. The Labute approximate surface area is 70.5 Å². The molecule has 1 fully saturated rings. The molecule has 0 nitrogen and oxygen atoms in total. The number of thiol groups is 1. The molecule has 0 bridgehead atoms. The van der Waals surface area contributed by atoms with Crippen molar-refractivity contribution in [1.29, 1.82) is 0 Å². The highest BCUT2D eigenvalue weighted by molar-refractivity contribution is 8.68. The predicted octanol–water partition coefficient (Wildman–Crippen LogP) is 3.11. The van der Waals surface area contributed by atoms with Gasteiger partial charge >= 0.3 is 0 Å². The van der Waals surface area contributed by atoms with Crippen molar-refractivity contribution in [3.8, 4) is 0 Å². The van der Waals surface area contributed by atoms with E-state index in [0.717, 1.165) is 5.25 Å². The highest BCUT2D eigenvalue weighted by Crippen LogP contribution is 2.32. The van der Waals surface area contributed by atoms with Crippen molar-refractivity contribution in [2.75, 3.05) is 0 Å². The van der Waals surface area contributed by atoms with E-state index in [9.17, 15) is 0 Å². The lowest BCUT2D eigenvalue weighted by atomic mass is 10.00. The Hall–Kier alpha value is 0.990. The van der Waals surface area contributed by atoms with Crippen molar-refractivity contribution < 1.29 is 0 Å². The van der Waals surface area contributed by atoms with Gasteiger partial charge in [-0.25, -0.2) is 0 Å². The van der Waals surface area contributed by atoms with Gasteiger partial charge in [0.15, 0.2) is 0 Å². The average Bonchev–Trinajstić information content (AvgIpc) is 1.90. The number of hydrogen-bond donors (Lipinski definition) is 1. The van der Waals surface area contributed by atoms with Gasteiger partial charge in [0.25, 0.3) is 0 Å². The van der Waals surface area contributed by atoms with Crippen LogP contribution in [-0.4, -0.2) is 10.6 Å². The Balaban J connectivity index is 2.18. The fourth-order valence-corrected chi connectivity index (χ4v) is 2.49. The molecule has 0 aromatic carbocycles. The van der Waals surface area contributed by atoms with Gasteiger partial charge in [-0.2, -0.15) is 0 Å². The summed E-state index contributed by atoms with van der Waals surface area (Å²) >= 11 is 10.1. The third-order valence-electron chi connectivity index (χ3n) is 1.75. The molecule has 0 saturated heterocycles. The van der Waals surface area contributed by atoms with Crippen molar-refractivity contribution in [2.24, 2.45) is 0 Å². The standard InChI is InChI=1S/C6H11ClS2/c7-5-1-3-6(9-8)4-2-5/h5-6,8H,1-4H2. The van der Waals surface area contributed by atoms with Crippen LogP contribution in [0.3, 0.4) is 0 Å². The van der Waals surface area contributed by atoms with Crippen LogP contribution in [0.1, 0.15) is 25.7 Å². The Morgan fingerprint density at radius 2 is 1.78 bits per heavy atom. The van der Waals surface area contributed by atoms with Crippen molar-refractivity contribution in [2.45, 2.75) is 36.3 Å². The first-order valence-corrected chi connectivity index (χ1v) is 5.64. The fourth-order valence-electron chi connectivity index (χ4n) is 1.13. The van der Waals surface area contributed by atoms with Crippen LogP contribution >= 0.6 is 34.1 Å². The van der Waals surface area contributed by atoms with Crippen LogP contribution in [0.4, 0.5) is 0 Å². The first kappa shape index (κ1) is 8.09. The molecule has 9 heavy (non-hydrogen) atoms. The van der Waals surface area contributed by atoms with Gasteiger partial charge in [0, 0.05) is 10.6 Å². The summed E-state index contributed by atoms with van der Waals surface area (Å²) < 4.78 is 0. The van der Waals surface area contributed by atoms with Crippen molar-refractivity contribution in [3.05, 3.63) is 0 Å². The summed E-state index contributed by atoms with van der Waals surface area (Å²) in [6, 6.07) is 0. The monoisotopic (exact) mass is 182 g/mol. The summed E-state index contributed by atoms with van der Waals surface area (Å²) in [7, 11) is 1.68. The van der Waals surface area contributed by atoms with Gasteiger partial charge in [-0.3, -0.25) is 0 Å². The van der Waals surface area contributed by atoms with Crippen LogP contribution in [0.5, 0.6) is 0 Å². The lowest BCUT2D eigenvalue weighted by molar-refractivity contribution is 0.524. The largest absolute Gasteiger partial charge is 0.123 e. The maximum Gasteiger partial charge on any atom is 0.0336 e. The molecule has 1 saturated carbocycles. The molecule has 0 radical (unpaired) electrons. The smallest absolute Gasteiger partial charge is 0.0336 e. The molecule has 54 valence electrons.